The summed E-state index contributed by atoms with van der Waals surface area (Å²) in [5.41, 5.74) is 1.07. The molecule has 0 aromatic heterocycles. The predicted molar refractivity (Wildman–Crippen MR) is 126 cm³/mol. The second-order valence-electron chi connectivity index (χ2n) is 7.53. The van der Waals surface area contributed by atoms with Crippen LogP contribution in [0.2, 0.25) is 0 Å². The number of ether oxygens (including phenoxy) is 2. The van der Waals surface area contributed by atoms with Crippen LogP contribution in [0.5, 0.6) is 11.5 Å². The molecule has 0 bridgehead atoms. The maximum atomic E-state index is 13.4. The molecular weight excluding hydrogens is 490 g/mol. The number of hydrogen-bond acceptors (Lipinski definition) is 4. The molecule has 0 heterocycles. The molecule has 0 fully saturated rings. The Bertz CT molecular complexity index is 1400. The topological polar surface area (TPSA) is 79.5 Å². The average Bonchev–Trinajstić information content (AvgIpc) is 2.88. The molecule has 0 aliphatic rings. The van der Waals surface area contributed by atoms with Crippen molar-refractivity contribution in [3.63, 3.8) is 0 Å². The molecule has 0 saturated heterocycles. The molecule has 0 atom stereocenters. The van der Waals surface area contributed by atoms with E-state index < -0.39 is 23.2 Å². The molecule has 188 valence electrons. The molecule has 4 aromatic carbocycles. The van der Waals surface area contributed by atoms with E-state index in [2.05, 4.69) is 0 Å². The number of carboxylic acids is 1. The number of nitrogens with zero attached hydrogens (tertiary/aromatic N) is 1. The Labute approximate surface area is 209 Å². The third kappa shape index (κ3) is 8.11. The lowest BCUT2D eigenvalue weighted by atomic mass is 10.2. The number of benzene rings is 4. The molecule has 0 unspecified atom stereocenters. The molecule has 37 heavy (non-hydrogen) atoms. The van der Waals surface area contributed by atoms with Crippen molar-refractivity contribution in [1.82, 2.24) is 0 Å². The Balaban J connectivity index is 0.000000206. The van der Waals surface area contributed by atoms with E-state index in [-0.39, 0.29) is 36.2 Å². The number of halogens is 4. The molecule has 0 radical (unpaired) electrons. The number of nitriles is 1. The lowest BCUT2D eigenvalue weighted by Crippen LogP contribution is -2.01. The summed E-state index contributed by atoms with van der Waals surface area (Å²) in [5.74, 6) is -2.92. The number of aromatic carboxylic acids is 1. The van der Waals surface area contributed by atoms with Gasteiger partial charge in [0.15, 0.2) is 0 Å². The Kier molecular flexibility index (Phi) is 9.22. The van der Waals surface area contributed by atoms with Gasteiger partial charge in [-0.25, -0.2) is 22.4 Å². The third-order valence-electron chi connectivity index (χ3n) is 4.87. The van der Waals surface area contributed by atoms with Crippen LogP contribution in [-0.2, 0) is 13.2 Å². The van der Waals surface area contributed by atoms with Crippen molar-refractivity contribution in [3.8, 4) is 17.6 Å². The standard InChI is InChI=1S/C14H9F2NO.C14H10F2O3/c15-12-4-1-10(2-5-12)9-18-13-6-3-11(8-17)14(16)7-13;15-10-3-1-9(2-4-10)8-19-11-5-6-12(14(17)18)13(16)7-11/h1-7H,9H2;1-7H,8H2,(H,17,18). The van der Waals surface area contributed by atoms with E-state index in [4.69, 9.17) is 19.8 Å². The summed E-state index contributed by atoms with van der Waals surface area (Å²) in [7, 11) is 0. The minimum atomic E-state index is -1.33. The van der Waals surface area contributed by atoms with Crippen LogP contribution in [0.3, 0.4) is 0 Å². The lowest BCUT2D eigenvalue weighted by molar-refractivity contribution is 0.0691. The van der Waals surface area contributed by atoms with E-state index in [0.717, 1.165) is 29.3 Å². The summed E-state index contributed by atoms with van der Waals surface area (Å²) >= 11 is 0. The van der Waals surface area contributed by atoms with Gasteiger partial charge >= 0.3 is 5.97 Å². The van der Waals surface area contributed by atoms with Crippen LogP contribution in [0.1, 0.15) is 27.0 Å². The average molecular weight is 509 g/mol. The highest BCUT2D eigenvalue weighted by atomic mass is 19.1. The van der Waals surface area contributed by atoms with Gasteiger partial charge in [0, 0.05) is 12.1 Å². The van der Waals surface area contributed by atoms with E-state index in [1.807, 2.05) is 0 Å². The van der Waals surface area contributed by atoms with E-state index in [1.165, 1.54) is 42.5 Å². The van der Waals surface area contributed by atoms with Crippen molar-refractivity contribution in [1.29, 1.82) is 5.26 Å². The fourth-order valence-electron chi connectivity index (χ4n) is 2.93. The first-order chi connectivity index (χ1) is 17.7. The summed E-state index contributed by atoms with van der Waals surface area (Å²) in [4.78, 5) is 10.6. The molecule has 0 aliphatic heterocycles. The van der Waals surface area contributed by atoms with Gasteiger partial charge in [-0.05, 0) is 59.7 Å². The Hall–Kier alpha value is -4.84. The minimum absolute atomic E-state index is 0.0240. The van der Waals surface area contributed by atoms with Crippen LogP contribution in [-0.4, -0.2) is 11.1 Å². The van der Waals surface area contributed by atoms with Gasteiger partial charge in [-0.15, -0.1) is 0 Å². The maximum absolute atomic E-state index is 13.4. The van der Waals surface area contributed by atoms with Gasteiger partial charge < -0.3 is 14.6 Å². The van der Waals surface area contributed by atoms with Gasteiger partial charge in [-0.3, -0.25) is 0 Å². The van der Waals surface area contributed by atoms with E-state index >= 15 is 0 Å². The lowest BCUT2D eigenvalue weighted by Gasteiger charge is -2.07. The molecule has 5 nitrogen and oxygen atoms in total. The zero-order valence-electron chi connectivity index (χ0n) is 19.1. The van der Waals surface area contributed by atoms with Gasteiger partial charge in [0.05, 0.1) is 11.1 Å². The zero-order valence-corrected chi connectivity index (χ0v) is 19.1. The second kappa shape index (κ2) is 12.7. The Morgan fingerprint density at radius 2 is 1.16 bits per heavy atom. The number of carboxylic acid groups (broad SMARTS) is 1. The molecule has 0 aliphatic carbocycles. The van der Waals surface area contributed by atoms with Crippen LogP contribution in [0.4, 0.5) is 17.6 Å². The fraction of sp³-hybridized carbons (Fsp3) is 0.0714. The first-order valence-electron chi connectivity index (χ1n) is 10.7. The maximum Gasteiger partial charge on any atom is 0.338 e. The van der Waals surface area contributed by atoms with Gasteiger partial charge in [0.1, 0.15) is 54.1 Å². The quantitative estimate of drug-likeness (QED) is 0.282. The first-order valence-corrected chi connectivity index (χ1v) is 10.7. The first kappa shape index (κ1) is 26.8. The van der Waals surface area contributed by atoms with Gasteiger partial charge in [-0.1, -0.05) is 24.3 Å². The molecule has 0 amide bonds. The van der Waals surface area contributed by atoms with Gasteiger partial charge in [-0.2, -0.15) is 5.26 Å². The summed E-state index contributed by atoms with van der Waals surface area (Å²) < 4.78 is 62.6. The number of carbonyl (C=O) groups is 1. The second-order valence-corrected chi connectivity index (χ2v) is 7.53. The van der Waals surface area contributed by atoms with Crippen molar-refractivity contribution in [2.75, 3.05) is 0 Å². The Morgan fingerprint density at radius 3 is 1.57 bits per heavy atom. The number of hydrogen-bond donors (Lipinski definition) is 1. The SMILES string of the molecule is N#Cc1ccc(OCc2ccc(F)cc2)cc1F.O=C(O)c1ccc(OCc2ccc(F)cc2)cc1F. The predicted octanol–water partition coefficient (Wildman–Crippen LogP) is 6.66. The van der Waals surface area contributed by atoms with Crippen molar-refractivity contribution >= 4 is 5.97 Å². The molecular formula is C28H19F4NO4. The highest BCUT2D eigenvalue weighted by Gasteiger charge is 2.11. The van der Waals surface area contributed by atoms with Crippen LogP contribution in [0, 0.1) is 34.6 Å². The molecule has 0 spiro atoms. The zero-order chi connectivity index (χ0) is 26.8. The van der Waals surface area contributed by atoms with Crippen LogP contribution in [0.15, 0.2) is 84.9 Å². The highest BCUT2D eigenvalue weighted by Crippen LogP contribution is 2.19. The summed E-state index contributed by atoms with van der Waals surface area (Å²) in [6, 6.07) is 20.8. The van der Waals surface area contributed by atoms with Crippen LogP contribution in [0.25, 0.3) is 0 Å². The highest BCUT2D eigenvalue weighted by molar-refractivity contribution is 5.88. The van der Waals surface area contributed by atoms with Crippen molar-refractivity contribution in [2.24, 2.45) is 0 Å². The fourth-order valence-corrected chi connectivity index (χ4v) is 2.93. The smallest absolute Gasteiger partial charge is 0.338 e. The normalized spacial score (nSPS) is 10.0. The molecule has 9 heteroatoms. The molecule has 4 rings (SSSR count). The van der Waals surface area contributed by atoms with Gasteiger partial charge in [0.2, 0.25) is 0 Å². The largest absolute Gasteiger partial charge is 0.489 e. The van der Waals surface area contributed by atoms with Crippen molar-refractivity contribution in [3.05, 3.63) is 130 Å². The summed E-state index contributed by atoms with van der Waals surface area (Å²) in [6.07, 6.45) is 0. The van der Waals surface area contributed by atoms with Crippen molar-refractivity contribution in [2.45, 2.75) is 13.2 Å². The van der Waals surface area contributed by atoms with E-state index in [0.29, 0.717) is 5.75 Å². The van der Waals surface area contributed by atoms with Gasteiger partial charge in [0.25, 0.3) is 0 Å². The summed E-state index contributed by atoms with van der Waals surface area (Å²) in [5, 5.41) is 17.3. The molecule has 0 saturated carbocycles. The van der Waals surface area contributed by atoms with E-state index in [9.17, 15) is 22.4 Å². The number of rotatable bonds is 7. The third-order valence-corrected chi connectivity index (χ3v) is 4.87. The Morgan fingerprint density at radius 1 is 0.703 bits per heavy atom. The summed E-state index contributed by atoms with van der Waals surface area (Å²) in [6.45, 7) is 0.359. The van der Waals surface area contributed by atoms with E-state index in [1.54, 1.807) is 30.3 Å². The minimum Gasteiger partial charge on any atom is -0.489 e. The molecule has 4 aromatic rings. The van der Waals surface area contributed by atoms with Crippen LogP contribution >= 0.6 is 0 Å². The van der Waals surface area contributed by atoms with Crippen LogP contribution < -0.4 is 9.47 Å². The molecule has 1 N–H and O–H groups in total. The van der Waals surface area contributed by atoms with Crippen molar-refractivity contribution < 1.29 is 36.9 Å². The monoisotopic (exact) mass is 509 g/mol.